The lowest BCUT2D eigenvalue weighted by molar-refractivity contribution is -0.126. The topological polar surface area (TPSA) is 79.9 Å². The van der Waals surface area contributed by atoms with Crippen LogP contribution in [-0.4, -0.2) is 28.2 Å². The molecule has 1 heterocycles. The summed E-state index contributed by atoms with van der Waals surface area (Å²) >= 11 is 0. The van der Waals surface area contributed by atoms with Crippen molar-refractivity contribution in [2.24, 2.45) is 0 Å². The molecule has 2 rings (SSSR count). The van der Waals surface area contributed by atoms with Gasteiger partial charge in [0.2, 0.25) is 5.95 Å². The van der Waals surface area contributed by atoms with Crippen molar-refractivity contribution in [3.63, 3.8) is 0 Å². The third-order valence-corrected chi connectivity index (χ3v) is 2.86. The van der Waals surface area contributed by atoms with Crippen LogP contribution in [0.15, 0.2) is 30.3 Å². The third-order valence-electron chi connectivity index (χ3n) is 2.86. The molecule has 1 unspecified atom stereocenters. The van der Waals surface area contributed by atoms with Gasteiger partial charge in [-0.1, -0.05) is 44.2 Å². The van der Waals surface area contributed by atoms with Gasteiger partial charge in [-0.15, -0.1) is 5.10 Å². The molecule has 1 aromatic carbocycles. The SMILES string of the molecule is COC(C(=O)Nc1n[nH]c(C(C)C)n1)c1ccccc1. The number of carbonyl (C=O) groups excluding carboxylic acids is 1. The van der Waals surface area contributed by atoms with Crippen LogP contribution in [0.25, 0.3) is 0 Å². The van der Waals surface area contributed by atoms with Gasteiger partial charge in [-0.3, -0.25) is 15.2 Å². The van der Waals surface area contributed by atoms with Crippen molar-refractivity contribution in [3.8, 4) is 0 Å². The Morgan fingerprint density at radius 2 is 2.00 bits per heavy atom. The van der Waals surface area contributed by atoms with E-state index in [0.717, 1.165) is 11.4 Å². The molecule has 20 heavy (non-hydrogen) atoms. The number of hydrogen-bond acceptors (Lipinski definition) is 4. The number of aromatic amines is 1. The van der Waals surface area contributed by atoms with Crippen LogP contribution in [0.4, 0.5) is 5.95 Å². The predicted molar refractivity (Wildman–Crippen MR) is 75.3 cm³/mol. The first-order valence-corrected chi connectivity index (χ1v) is 6.42. The quantitative estimate of drug-likeness (QED) is 0.876. The van der Waals surface area contributed by atoms with E-state index in [-0.39, 0.29) is 17.8 Å². The average molecular weight is 274 g/mol. The number of benzene rings is 1. The first-order chi connectivity index (χ1) is 9.61. The highest BCUT2D eigenvalue weighted by molar-refractivity contribution is 5.93. The Bertz CT molecular complexity index is 566. The van der Waals surface area contributed by atoms with E-state index in [1.807, 2.05) is 44.2 Å². The van der Waals surface area contributed by atoms with Gasteiger partial charge in [-0.05, 0) is 5.56 Å². The number of carbonyl (C=O) groups is 1. The zero-order valence-electron chi connectivity index (χ0n) is 11.8. The van der Waals surface area contributed by atoms with Crippen LogP contribution < -0.4 is 5.32 Å². The van der Waals surface area contributed by atoms with E-state index in [4.69, 9.17) is 4.74 Å². The first-order valence-electron chi connectivity index (χ1n) is 6.42. The van der Waals surface area contributed by atoms with E-state index >= 15 is 0 Å². The van der Waals surface area contributed by atoms with Gasteiger partial charge in [-0.2, -0.15) is 4.98 Å². The molecule has 0 aliphatic carbocycles. The molecule has 0 saturated heterocycles. The molecular weight excluding hydrogens is 256 g/mol. The van der Waals surface area contributed by atoms with Gasteiger partial charge in [0, 0.05) is 13.0 Å². The second kappa shape index (κ2) is 6.29. The van der Waals surface area contributed by atoms with E-state index in [0.29, 0.717) is 0 Å². The largest absolute Gasteiger partial charge is 0.367 e. The lowest BCUT2D eigenvalue weighted by Crippen LogP contribution is -2.23. The van der Waals surface area contributed by atoms with Crippen LogP contribution in [0.3, 0.4) is 0 Å². The summed E-state index contributed by atoms with van der Waals surface area (Å²) in [5.41, 5.74) is 0.784. The van der Waals surface area contributed by atoms with E-state index in [1.54, 1.807) is 0 Å². The van der Waals surface area contributed by atoms with Crippen molar-refractivity contribution < 1.29 is 9.53 Å². The van der Waals surface area contributed by atoms with Gasteiger partial charge >= 0.3 is 0 Å². The molecule has 0 saturated carbocycles. The monoisotopic (exact) mass is 274 g/mol. The molecule has 1 aromatic heterocycles. The van der Waals surface area contributed by atoms with Gasteiger partial charge in [-0.25, -0.2) is 0 Å². The van der Waals surface area contributed by atoms with Crippen LogP contribution in [0.1, 0.15) is 37.3 Å². The summed E-state index contributed by atoms with van der Waals surface area (Å²) < 4.78 is 5.25. The highest BCUT2D eigenvalue weighted by atomic mass is 16.5. The van der Waals surface area contributed by atoms with Crippen LogP contribution in [0.2, 0.25) is 0 Å². The van der Waals surface area contributed by atoms with E-state index in [2.05, 4.69) is 20.5 Å². The molecule has 0 aliphatic rings. The summed E-state index contributed by atoms with van der Waals surface area (Å²) in [6.45, 7) is 3.99. The zero-order valence-corrected chi connectivity index (χ0v) is 11.8. The Balaban J connectivity index is 2.09. The molecule has 0 bridgehead atoms. The second-order valence-corrected chi connectivity index (χ2v) is 4.71. The molecule has 6 nitrogen and oxygen atoms in total. The molecule has 1 amide bonds. The molecule has 2 N–H and O–H groups in total. The number of rotatable bonds is 5. The number of nitrogens with zero attached hydrogens (tertiary/aromatic N) is 2. The molecular formula is C14H18N4O2. The Kier molecular flexibility index (Phi) is 4.47. The Morgan fingerprint density at radius 3 is 2.55 bits per heavy atom. The first kappa shape index (κ1) is 14.2. The molecule has 6 heteroatoms. The van der Waals surface area contributed by atoms with Gasteiger partial charge in [0.15, 0.2) is 6.10 Å². The Hall–Kier alpha value is -2.21. The summed E-state index contributed by atoms with van der Waals surface area (Å²) in [6.07, 6.45) is -0.683. The van der Waals surface area contributed by atoms with Gasteiger partial charge < -0.3 is 4.74 Å². The zero-order chi connectivity index (χ0) is 14.5. The molecule has 0 radical (unpaired) electrons. The highest BCUT2D eigenvalue weighted by Crippen LogP contribution is 2.18. The van der Waals surface area contributed by atoms with Crippen molar-refractivity contribution in [1.82, 2.24) is 15.2 Å². The number of methoxy groups -OCH3 is 1. The van der Waals surface area contributed by atoms with Crippen molar-refractivity contribution in [3.05, 3.63) is 41.7 Å². The third kappa shape index (κ3) is 3.21. The van der Waals surface area contributed by atoms with Crippen molar-refractivity contribution in [1.29, 1.82) is 0 Å². The summed E-state index contributed by atoms with van der Waals surface area (Å²) in [4.78, 5) is 16.4. The van der Waals surface area contributed by atoms with E-state index in [1.165, 1.54) is 7.11 Å². The summed E-state index contributed by atoms with van der Waals surface area (Å²) in [5.74, 6) is 0.916. The molecule has 0 aliphatic heterocycles. The van der Waals surface area contributed by atoms with Crippen LogP contribution in [0.5, 0.6) is 0 Å². The highest BCUT2D eigenvalue weighted by Gasteiger charge is 2.21. The number of amides is 1. The average Bonchev–Trinajstić information content (AvgIpc) is 2.89. The standard InChI is InChI=1S/C14H18N4O2/c1-9(2)12-15-14(18-17-12)16-13(19)11(20-3)10-7-5-4-6-8-10/h4-9,11H,1-3H3,(H2,15,16,17,18,19). The van der Waals surface area contributed by atoms with E-state index in [9.17, 15) is 4.79 Å². The minimum atomic E-state index is -0.683. The number of ether oxygens (including phenoxy) is 1. The Labute approximate surface area is 117 Å². The van der Waals surface area contributed by atoms with Crippen LogP contribution in [-0.2, 0) is 9.53 Å². The summed E-state index contributed by atoms with van der Waals surface area (Å²) in [7, 11) is 1.49. The minimum Gasteiger partial charge on any atom is -0.367 e. The summed E-state index contributed by atoms with van der Waals surface area (Å²) in [6, 6.07) is 9.28. The maximum atomic E-state index is 12.2. The number of aromatic nitrogens is 3. The van der Waals surface area contributed by atoms with Gasteiger partial charge in [0.1, 0.15) is 5.82 Å². The fourth-order valence-corrected chi connectivity index (χ4v) is 1.79. The van der Waals surface area contributed by atoms with Crippen LogP contribution in [0, 0.1) is 0 Å². The lowest BCUT2D eigenvalue weighted by Gasteiger charge is -2.14. The molecule has 0 spiro atoms. The molecule has 0 fully saturated rings. The maximum Gasteiger partial charge on any atom is 0.260 e. The van der Waals surface area contributed by atoms with Crippen LogP contribution >= 0.6 is 0 Å². The molecule has 2 aromatic rings. The molecule has 1 atom stereocenters. The fraction of sp³-hybridized carbons (Fsp3) is 0.357. The lowest BCUT2D eigenvalue weighted by atomic mass is 10.1. The maximum absolute atomic E-state index is 12.2. The van der Waals surface area contributed by atoms with Crippen molar-refractivity contribution in [2.45, 2.75) is 25.9 Å². The van der Waals surface area contributed by atoms with Gasteiger partial charge in [0.25, 0.3) is 5.91 Å². The normalized spacial score (nSPS) is 12.4. The predicted octanol–water partition coefficient (Wildman–Crippen LogP) is 2.25. The minimum absolute atomic E-state index is 0.223. The second-order valence-electron chi connectivity index (χ2n) is 4.71. The number of H-pyrrole nitrogens is 1. The van der Waals surface area contributed by atoms with Crippen molar-refractivity contribution >= 4 is 11.9 Å². The smallest absolute Gasteiger partial charge is 0.260 e. The van der Waals surface area contributed by atoms with Crippen molar-refractivity contribution in [2.75, 3.05) is 12.4 Å². The number of anilines is 1. The van der Waals surface area contributed by atoms with E-state index < -0.39 is 6.10 Å². The van der Waals surface area contributed by atoms with Gasteiger partial charge in [0.05, 0.1) is 0 Å². The molecule has 106 valence electrons. The number of nitrogens with one attached hydrogen (secondary N) is 2. The fourth-order valence-electron chi connectivity index (χ4n) is 1.79. The summed E-state index contributed by atoms with van der Waals surface area (Å²) in [5, 5.41) is 9.40. The Morgan fingerprint density at radius 1 is 1.30 bits per heavy atom. The number of hydrogen-bond donors (Lipinski definition) is 2.